The molecule has 2 saturated heterocycles. The van der Waals surface area contributed by atoms with Gasteiger partial charge in [0.05, 0.1) is 29.6 Å². The van der Waals surface area contributed by atoms with E-state index in [0.717, 1.165) is 190 Å². The third kappa shape index (κ3) is 63.1. The molecular formula is C111H163FN27O5+3. The second-order valence-electron chi connectivity index (χ2n) is 33.4. The highest BCUT2D eigenvalue weighted by molar-refractivity contribution is 5.76. The highest BCUT2D eigenvalue weighted by atomic mass is 19.1. The van der Waals surface area contributed by atoms with Crippen LogP contribution < -0.4 is 42.4 Å². The molecule has 1 unspecified atom stereocenters. The summed E-state index contributed by atoms with van der Waals surface area (Å²) >= 11 is 0. The highest BCUT2D eigenvalue weighted by Crippen LogP contribution is 2.15. The first-order valence-electron chi connectivity index (χ1n) is 48.3. The second-order valence-corrected chi connectivity index (χ2v) is 33.4. The van der Waals surface area contributed by atoms with Crippen LogP contribution in [0.2, 0.25) is 0 Å². The van der Waals surface area contributed by atoms with Crippen LogP contribution in [0.3, 0.4) is 0 Å². The number of nitrogens with one attached hydrogen (secondary N) is 3. The zero-order chi connectivity index (χ0) is 108. The number of aromatic nitrogens is 18. The topological polar surface area (TPSA) is 454 Å². The Morgan fingerprint density at radius 3 is 1.24 bits per heavy atom. The van der Waals surface area contributed by atoms with Gasteiger partial charge >= 0.3 is 0 Å². The average Bonchev–Trinajstić information content (AvgIpc) is 1.67. The summed E-state index contributed by atoms with van der Waals surface area (Å²) in [5.74, 6) is 5.20. The number of nitrogens with zero attached hydrogens (tertiary/aromatic N) is 20. The molecule has 14 aromatic rings. The number of pyridine rings is 8. The van der Waals surface area contributed by atoms with E-state index in [4.69, 9.17) is 58.8 Å². The van der Waals surface area contributed by atoms with Crippen LogP contribution in [0, 0.1) is 127 Å². The Morgan fingerprint density at radius 2 is 0.882 bits per heavy atom. The summed E-state index contributed by atoms with van der Waals surface area (Å²) in [5.41, 5.74) is 43.5. The van der Waals surface area contributed by atoms with Gasteiger partial charge < -0.3 is 47.5 Å². The van der Waals surface area contributed by atoms with Crippen LogP contribution in [0.4, 0.5) is 27.9 Å². The smallest absolute Gasteiger partial charge is 0.234 e. The molecule has 776 valence electrons. The number of aryl methyl sites for hydroxylation is 21. The fourth-order valence-electron chi connectivity index (χ4n) is 12.2. The number of hydrogen-bond acceptors (Lipinski definition) is 27. The molecule has 15 heterocycles. The van der Waals surface area contributed by atoms with Crippen molar-refractivity contribution in [1.29, 1.82) is 10.8 Å². The van der Waals surface area contributed by atoms with Crippen molar-refractivity contribution in [2.75, 3.05) is 69.5 Å². The molecule has 2 fully saturated rings. The lowest BCUT2D eigenvalue weighted by Gasteiger charge is -2.31. The molecule has 0 spiro atoms. The van der Waals surface area contributed by atoms with Crippen molar-refractivity contribution in [3.8, 4) is 0 Å². The van der Waals surface area contributed by atoms with Crippen molar-refractivity contribution in [2.24, 2.45) is 5.73 Å². The average molecular weight is 1970 g/mol. The van der Waals surface area contributed by atoms with E-state index in [1.165, 1.54) is 57.0 Å². The van der Waals surface area contributed by atoms with Crippen molar-refractivity contribution in [1.82, 2.24) is 84.6 Å². The van der Waals surface area contributed by atoms with Crippen LogP contribution >= 0.6 is 0 Å². The van der Waals surface area contributed by atoms with Gasteiger partial charge in [0.25, 0.3) is 0 Å². The summed E-state index contributed by atoms with van der Waals surface area (Å²) < 4.78 is 26.2. The number of rotatable bonds is 11. The number of hydrogen-bond donors (Lipinski definition) is 10. The zero-order valence-corrected chi connectivity index (χ0v) is 90.1. The normalized spacial score (nSPS) is 11.4. The minimum atomic E-state index is -0.137. The largest absolute Gasteiger partial charge is 0.384 e. The van der Waals surface area contributed by atoms with Crippen molar-refractivity contribution in [3.63, 3.8) is 0 Å². The maximum atomic E-state index is 12.5. The lowest BCUT2D eigenvalue weighted by molar-refractivity contribution is -0.909. The van der Waals surface area contributed by atoms with Gasteiger partial charge in [-0.15, -0.1) is 0 Å². The minimum absolute atomic E-state index is 0.137. The summed E-state index contributed by atoms with van der Waals surface area (Å²) in [6.45, 7) is 53.1. The fourth-order valence-corrected chi connectivity index (χ4v) is 12.2. The molecule has 14 N–H and O–H groups in total. The number of benzene rings is 1. The summed E-state index contributed by atoms with van der Waals surface area (Å²) in [5, 5.41) is 44.6. The Kier molecular flexibility index (Phi) is 67.1. The van der Waals surface area contributed by atoms with Crippen molar-refractivity contribution in [3.05, 3.63) is 369 Å². The summed E-state index contributed by atoms with van der Waals surface area (Å²) in [6.07, 6.45) is 37.0. The van der Waals surface area contributed by atoms with E-state index in [0.29, 0.717) is 48.0 Å². The van der Waals surface area contributed by atoms with E-state index in [2.05, 4.69) is 139 Å². The minimum Gasteiger partial charge on any atom is -0.384 e. The standard InChI is InChI=1S/C9H11F.C8H13N3.C8H16N2O.2C8H12NO.C8H11N.C7H14N2O.2C7H10N2.C7H9N.3C6H8N2.C6H8NO.C5H7N3.C5H6N2/c1-3-8-6-9(10)5-4-7(8)2;1-3-5-9-8-10-6-4-7(2)11-8;1-7(9)10-5-3-8(11-2)4-6-10;1-3-8-6-9(10)5-4-7(8)2;1-3-8-6-7(2)4-5-9(8)10;1-3-8-6-7(2)4-5-9-8;1-6(8)9-4-3-7(5-9)10-2;1-6-2-3-9-7(4-6)5-8;1-3-7-8-5-4-6(2)9-7;1-6-3-4-8-7(2)5-6;1-5-3-4-7-6(2)8-5;2*1-5-2-3-8-6(7)4-5;1-6-2-4-7(8)5-3-6;1-4-2-3-7-5(6)8-4;1-5-2-3-6-4-7-5/h4-6H,3H2,1-2H3;4,6H,3,5H2,1-2H3,(H,9,10,11);8-9H,3-6H2,1-2H3;2*4-6,10H,3H2,1-2H3;4-6H,3H2,1-2H3;7-8H,3-5H2,1-2H3;2-4H,5,8H2,1H3;4-5H,3H2,1-2H3;3-5H,1-2H3;3-4H,1-2H3;2*2-4H,1H3,(H2,7,8);2-5,8H,1H3;2-3H,1H3,(H2,6,7,8);2-4H,1H3/q;;;2*+1;;;;;;;;;+1;;. The third-order valence-corrected chi connectivity index (χ3v) is 20.4. The van der Waals surface area contributed by atoms with Gasteiger partial charge in [-0.1, -0.05) is 47.6 Å². The van der Waals surface area contributed by atoms with Crippen LogP contribution in [-0.4, -0.2) is 171 Å². The number of piperidine rings is 1. The molecule has 0 bridgehead atoms. The van der Waals surface area contributed by atoms with Crippen molar-refractivity contribution in [2.45, 2.75) is 243 Å². The number of nitrogen functional groups attached to an aromatic ring is 3. The first kappa shape index (κ1) is 127. The van der Waals surface area contributed by atoms with Crippen LogP contribution in [0.1, 0.15) is 205 Å². The molecule has 0 amide bonds. The molecule has 33 heteroatoms. The zero-order valence-electron chi connectivity index (χ0n) is 90.1. The number of amidine groups is 2. The first-order valence-corrected chi connectivity index (χ1v) is 48.3. The van der Waals surface area contributed by atoms with E-state index in [9.17, 15) is 4.39 Å². The lowest BCUT2D eigenvalue weighted by Crippen LogP contribution is -2.39. The Balaban J connectivity index is 0.000000769. The number of nitrogens with two attached hydrogens (primary N) is 4. The Labute approximate surface area is 856 Å². The molecule has 1 atom stereocenters. The molecule has 144 heavy (non-hydrogen) atoms. The van der Waals surface area contributed by atoms with Crippen molar-refractivity contribution >= 4 is 35.2 Å². The fraction of sp³-hybridized carbons (Fsp3) is 0.387. The van der Waals surface area contributed by atoms with Gasteiger partial charge in [0, 0.05) is 218 Å². The predicted octanol–water partition coefficient (Wildman–Crippen LogP) is 18.8. The maximum absolute atomic E-state index is 12.5. The molecule has 32 nitrogen and oxygen atoms in total. The van der Waals surface area contributed by atoms with Gasteiger partial charge in [-0.3, -0.25) is 41.4 Å². The number of halogens is 1. The number of likely N-dealkylation sites (tertiary alicyclic amines) is 2. The molecule has 2 aliphatic heterocycles. The van der Waals surface area contributed by atoms with Gasteiger partial charge in [-0.25, -0.2) is 64.2 Å². The summed E-state index contributed by atoms with van der Waals surface area (Å²) in [4.78, 5) is 63.6. The summed E-state index contributed by atoms with van der Waals surface area (Å²) in [6, 6.07) is 43.3. The van der Waals surface area contributed by atoms with Crippen LogP contribution in [0.25, 0.3) is 0 Å². The molecule has 0 aliphatic carbocycles. The van der Waals surface area contributed by atoms with Gasteiger partial charge in [-0.2, -0.15) is 0 Å². The monoisotopic (exact) mass is 1970 g/mol. The highest BCUT2D eigenvalue weighted by Gasteiger charge is 2.22. The van der Waals surface area contributed by atoms with Crippen LogP contribution in [-0.2, 0) is 48.1 Å². The quantitative estimate of drug-likeness (QED) is 0.0249. The van der Waals surface area contributed by atoms with E-state index in [1.807, 2.05) is 251 Å². The van der Waals surface area contributed by atoms with E-state index < -0.39 is 0 Å². The Bertz CT molecular complexity index is 5240. The SMILES string of the molecule is CCCNc1nccc(C)n1.CCc1c[n+](O)ccc1C.CCc1cc(C)cc[n+]1O.CCc1cc(C)ccn1.CCc1cc(F)ccc1C.CCc1nccc(C)n1.COC1CCN(C(C)=N)C1.COC1CCN(C(C)=N)CC1.Cc1cc[n+](O)cc1.Cc1ccnc(C)c1.Cc1ccnc(C)n1.Cc1ccnc(CN)c1.Cc1ccnc(N)c1.Cc1ccnc(N)c1.Cc1ccnc(N)n1.Cc1ccncn1. The predicted molar refractivity (Wildman–Crippen MR) is 577 cm³/mol. The molecule has 1 aromatic carbocycles. The Hall–Kier alpha value is -14.8. The van der Waals surface area contributed by atoms with Crippen molar-refractivity contribution < 1.29 is 43.7 Å². The van der Waals surface area contributed by atoms with Crippen LogP contribution in [0.15, 0.2) is 239 Å². The molecule has 2 aliphatic rings. The first-order chi connectivity index (χ1) is 68.6. The molecule has 0 saturated carbocycles. The summed E-state index contributed by atoms with van der Waals surface area (Å²) in [7, 11) is 3.49. The number of anilines is 4. The maximum Gasteiger partial charge on any atom is 0.234 e. The molecule has 13 aromatic heterocycles. The Morgan fingerprint density at radius 1 is 0.417 bits per heavy atom. The van der Waals surface area contributed by atoms with Gasteiger partial charge in [0.1, 0.15) is 35.4 Å². The van der Waals surface area contributed by atoms with Crippen LogP contribution in [0.5, 0.6) is 0 Å². The third-order valence-electron chi connectivity index (χ3n) is 20.4. The molecule has 0 radical (unpaired) electrons. The van der Waals surface area contributed by atoms with E-state index in [-0.39, 0.29) is 5.82 Å². The van der Waals surface area contributed by atoms with E-state index >= 15 is 0 Å². The van der Waals surface area contributed by atoms with Gasteiger partial charge in [0.2, 0.25) is 48.6 Å². The molecule has 16 rings (SSSR count). The lowest BCUT2D eigenvalue weighted by atomic mass is 10.1. The van der Waals surface area contributed by atoms with E-state index in [1.54, 1.807) is 107 Å². The molecular weight excluding hydrogens is 1810 g/mol. The number of methoxy groups -OCH3 is 2. The van der Waals surface area contributed by atoms with Gasteiger partial charge in [0.15, 0.2) is 0 Å². The second kappa shape index (κ2) is 76.0. The van der Waals surface area contributed by atoms with Gasteiger partial charge in [-0.05, 0) is 328 Å². The number of ether oxygens (including phenoxy) is 2.